The number of hydrogen-bond donors (Lipinski definition) is 2. The van der Waals surface area contributed by atoms with Crippen LogP contribution in [0.5, 0.6) is 0 Å². The highest BCUT2D eigenvalue weighted by Gasteiger charge is 2.33. The number of aliphatic hydroxyl groups excluding tert-OH is 1. The summed E-state index contributed by atoms with van der Waals surface area (Å²) < 4.78 is 24.7. The fourth-order valence-corrected chi connectivity index (χ4v) is 3.96. The van der Waals surface area contributed by atoms with Crippen LogP contribution in [0.15, 0.2) is 36.1 Å². The number of ether oxygens (including phenoxy) is 2. The molecule has 1 aliphatic carbocycles. The van der Waals surface area contributed by atoms with Crippen molar-refractivity contribution in [2.45, 2.75) is 57.8 Å². The zero-order chi connectivity index (χ0) is 19.8. The van der Waals surface area contributed by atoms with Gasteiger partial charge in [-0.2, -0.15) is 0 Å². The number of nitrogens with one attached hydrogen (secondary N) is 1. The second kappa shape index (κ2) is 10.6. The van der Waals surface area contributed by atoms with Crippen molar-refractivity contribution in [2.75, 3.05) is 13.2 Å². The molecule has 1 aliphatic heterocycles. The molecule has 5 nitrogen and oxygen atoms in total. The number of aliphatic hydroxyl groups is 1. The standard InChI is InChI=1S/C22H30FNO4/c23-19-9-7-16(8-10-19)15-24-22(26)20-13-18(17-5-1-2-6-17)14-21(28-20)27-12-4-3-11-25/h7-10,13,17-18,21,25H,1-6,11-12,14-15H2,(H,24,26)/t18-,21+/m1/s1. The summed E-state index contributed by atoms with van der Waals surface area (Å²) in [6.45, 7) is 0.972. The van der Waals surface area contributed by atoms with Gasteiger partial charge in [0.15, 0.2) is 5.76 Å². The number of benzene rings is 1. The molecule has 1 amide bonds. The molecule has 3 rings (SSSR count). The van der Waals surface area contributed by atoms with Gasteiger partial charge in [0.05, 0.1) is 6.61 Å². The zero-order valence-corrected chi connectivity index (χ0v) is 16.2. The van der Waals surface area contributed by atoms with Gasteiger partial charge in [0, 0.05) is 19.6 Å². The summed E-state index contributed by atoms with van der Waals surface area (Å²) in [6, 6.07) is 6.06. The number of rotatable bonds is 9. The number of carbonyl (C=O) groups is 1. The van der Waals surface area contributed by atoms with E-state index in [0.29, 0.717) is 31.2 Å². The van der Waals surface area contributed by atoms with Crippen molar-refractivity contribution in [3.05, 3.63) is 47.5 Å². The van der Waals surface area contributed by atoms with E-state index < -0.39 is 6.29 Å². The van der Waals surface area contributed by atoms with E-state index in [0.717, 1.165) is 18.4 Å². The third-order valence-corrected chi connectivity index (χ3v) is 5.54. The van der Waals surface area contributed by atoms with Gasteiger partial charge in [-0.25, -0.2) is 4.39 Å². The van der Waals surface area contributed by atoms with E-state index in [-0.39, 0.29) is 24.2 Å². The largest absolute Gasteiger partial charge is 0.459 e. The van der Waals surface area contributed by atoms with Crippen molar-refractivity contribution in [3.63, 3.8) is 0 Å². The van der Waals surface area contributed by atoms with Crippen molar-refractivity contribution in [1.29, 1.82) is 0 Å². The molecule has 2 N–H and O–H groups in total. The molecule has 1 fully saturated rings. The van der Waals surface area contributed by atoms with Gasteiger partial charge < -0.3 is 19.9 Å². The van der Waals surface area contributed by atoms with Crippen LogP contribution in [0.3, 0.4) is 0 Å². The molecule has 2 aliphatic rings. The minimum Gasteiger partial charge on any atom is -0.459 e. The molecule has 28 heavy (non-hydrogen) atoms. The number of carbonyl (C=O) groups excluding carboxylic acids is 1. The number of unbranched alkanes of at least 4 members (excludes halogenated alkanes) is 1. The maximum atomic E-state index is 13.0. The summed E-state index contributed by atoms with van der Waals surface area (Å²) in [4.78, 5) is 12.7. The molecule has 0 saturated heterocycles. The molecule has 0 bridgehead atoms. The van der Waals surface area contributed by atoms with Crippen LogP contribution in [0.4, 0.5) is 4.39 Å². The molecule has 1 aromatic carbocycles. The first-order valence-electron chi connectivity index (χ1n) is 10.3. The van der Waals surface area contributed by atoms with Crippen molar-refractivity contribution in [3.8, 4) is 0 Å². The Morgan fingerprint density at radius 2 is 1.96 bits per heavy atom. The van der Waals surface area contributed by atoms with Gasteiger partial charge >= 0.3 is 0 Å². The average molecular weight is 391 g/mol. The van der Waals surface area contributed by atoms with Crippen LogP contribution in [0.2, 0.25) is 0 Å². The molecule has 0 unspecified atom stereocenters. The van der Waals surface area contributed by atoms with Crippen LogP contribution >= 0.6 is 0 Å². The van der Waals surface area contributed by atoms with Gasteiger partial charge in [-0.1, -0.05) is 25.0 Å². The third kappa shape index (κ3) is 6.04. The minimum atomic E-state index is -0.430. The summed E-state index contributed by atoms with van der Waals surface area (Å²) >= 11 is 0. The molecule has 1 aromatic rings. The molecular formula is C22H30FNO4. The number of halogens is 1. The Kier molecular flexibility index (Phi) is 7.86. The highest BCUT2D eigenvalue weighted by Crippen LogP contribution is 2.38. The van der Waals surface area contributed by atoms with E-state index >= 15 is 0 Å². The Hall–Kier alpha value is -1.92. The van der Waals surface area contributed by atoms with Crippen LogP contribution in [0.25, 0.3) is 0 Å². The van der Waals surface area contributed by atoms with Crippen molar-refractivity contribution >= 4 is 5.91 Å². The van der Waals surface area contributed by atoms with E-state index in [4.69, 9.17) is 14.6 Å². The first kappa shape index (κ1) is 20.8. The number of amides is 1. The van der Waals surface area contributed by atoms with E-state index in [1.807, 2.05) is 6.08 Å². The molecule has 0 radical (unpaired) electrons. The van der Waals surface area contributed by atoms with Gasteiger partial charge in [-0.15, -0.1) is 0 Å². The Balaban J connectivity index is 1.59. The molecule has 0 spiro atoms. The van der Waals surface area contributed by atoms with Gasteiger partial charge in [0.25, 0.3) is 5.91 Å². The van der Waals surface area contributed by atoms with Crippen molar-refractivity contribution < 1.29 is 23.8 Å². The second-order valence-electron chi connectivity index (χ2n) is 7.63. The van der Waals surface area contributed by atoms with E-state index in [1.165, 1.54) is 37.8 Å². The summed E-state index contributed by atoms with van der Waals surface area (Å²) in [5.41, 5.74) is 0.829. The van der Waals surface area contributed by atoms with Gasteiger partial charge in [-0.05, 0) is 61.3 Å². The predicted octanol–water partition coefficient (Wildman–Crippen LogP) is 3.67. The van der Waals surface area contributed by atoms with Crippen molar-refractivity contribution in [2.24, 2.45) is 11.8 Å². The summed E-state index contributed by atoms with van der Waals surface area (Å²) in [7, 11) is 0. The average Bonchev–Trinajstić information content (AvgIpc) is 3.25. The molecule has 154 valence electrons. The first-order chi connectivity index (χ1) is 13.7. The molecular weight excluding hydrogens is 361 g/mol. The number of allylic oxidation sites excluding steroid dienone is 1. The lowest BCUT2D eigenvalue weighted by atomic mass is 9.86. The molecule has 2 atom stereocenters. The zero-order valence-electron chi connectivity index (χ0n) is 16.2. The lowest BCUT2D eigenvalue weighted by molar-refractivity contribution is -0.151. The molecule has 1 heterocycles. The lowest BCUT2D eigenvalue weighted by Crippen LogP contribution is -2.34. The Morgan fingerprint density at radius 1 is 1.21 bits per heavy atom. The molecule has 0 aromatic heterocycles. The van der Waals surface area contributed by atoms with Crippen LogP contribution < -0.4 is 5.32 Å². The maximum Gasteiger partial charge on any atom is 0.286 e. The number of hydrogen-bond acceptors (Lipinski definition) is 4. The first-order valence-corrected chi connectivity index (χ1v) is 10.3. The third-order valence-electron chi connectivity index (χ3n) is 5.54. The van der Waals surface area contributed by atoms with Crippen molar-refractivity contribution in [1.82, 2.24) is 5.32 Å². The van der Waals surface area contributed by atoms with Gasteiger partial charge in [-0.3, -0.25) is 4.79 Å². The summed E-state index contributed by atoms with van der Waals surface area (Å²) in [6.07, 6.45) is 8.60. The highest BCUT2D eigenvalue weighted by molar-refractivity contribution is 5.91. The molecule has 1 saturated carbocycles. The van der Waals surface area contributed by atoms with Crippen LogP contribution in [0, 0.1) is 17.7 Å². The maximum absolute atomic E-state index is 13.0. The SMILES string of the molecule is O=C(NCc1ccc(F)cc1)C1=C[C@@H](C2CCCC2)C[C@@H](OCCCCO)O1. The fraction of sp³-hybridized carbons (Fsp3) is 0.591. The predicted molar refractivity (Wildman–Crippen MR) is 104 cm³/mol. The monoisotopic (exact) mass is 391 g/mol. The Morgan fingerprint density at radius 3 is 2.68 bits per heavy atom. The van der Waals surface area contributed by atoms with E-state index in [2.05, 4.69) is 5.32 Å². The summed E-state index contributed by atoms with van der Waals surface area (Å²) in [5.74, 6) is 0.611. The van der Waals surface area contributed by atoms with E-state index in [9.17, 15) is 9.18 Å². The van der Waals surface area contributed by atoms with Crippen LogP contribution in [-0.2, 0) is 20.8 Å². The minimum absolute atomic E-state index is 0.149. The van der Waals surface area contributed by atoms with E-state index in [1.54, 1.807) is 12.1 Å². The lowest BCUT2D eigenvalue weighted by Gasteiger charge is -2.32. The molecule has 6 heteroatoms. The Bertz CT molecular complexity index is 655. The van der Waals surface area contributed by atoms with Crippen LogP contribution in [0.1, 0.15) is 50.5 Å². The normalized spacial score (nSPS) is 22.6. The summed E-state index contributed by atoms with van der Waals surface area (Å²) in [5, 5.41) is 11.8. The fourth-order valence-electron chi connectivity index (χ4n) is 3.96. The van der Waals surface area contributed by atoms with Gasteiger partial charge in [0.2, 0.25) is 6.29 Å². The quantitative estimate of drug-likeness (QED) is 0.631. The topological polar surface area (TPSA) is 67.8 Å². The second-order valence-corrected chi connectivity index (χ2v) is 7.63. The van der Waals surface area contributed by atoms with Gasteiger partial charge in [0.1, 0.15) is 5.82 Å². The Labute approximate surface area is 165 Å². The van der Waals surface area contributed by atoms with Crippen LogP contribution in [-0.4, -0.2) is 30.5 Å². The smallest absolute Gasteiger partial charge is 0.286 e. The highest BCUT2D eigenvalue weighted by atomic mass is 19.1.